The number of allylic oxidation sites excluding steroid dienone is 1. The van der Waals surface area contributed by atoms with Gasteiger partial charge in [-0.25, -0.2) is 0 Å². The predicted octanol–water partition coefficient (Wildman–Crippen LogP) is 6.24. The molecule has 1 atom stereocenters. The van der Waals surface area contributed by atoms with Gasteiger partial charge >= 0.3 is 0 Å². The van der Waals surface area contributed by atoms with Crippen molar-refractivity contribution in [1.29, 1.82) is 0 Å². The van der Waals surface area contributed by atoms with Gasteiger partial charge in [-0.3, -0.25) is 0 Å². The Balaban J connectivity index is 3.41. The molecule has 0 aliphatic carbocycles. The lowest BCUT2D eigenvalue weighted by Gasteiger charge is -2.13. The van der Waals surface area contributed by atoms with Crippen molar-refractivity contribution in [3.63, 3.8) is 0 Å². The molecule has 0 amide bonds. The third-order valence-corrected chi connectivity index (χ3v) is 4.48. The Morgan fingerprint density at radius 1 is 1.00 bits per heavy atom. The molecular formula is C17H33IO. The molecule has 19 heavy (non-hydrogen) atoms. The second-order valence-corrected chi connectivity index (χ2v) is 7.32. The van der Waals surface area contributed by atoms with Crippen molar-refractivity contribution in [1.82, 2.24) is 0 Å². The van der Waals surface area contributed by atoms with Crippen molar-refractivity contribution in [2.24, 2.45) is 5.92 Å². The molecular weight excluding hydrogens is 347 g/mol. The standard InChI is InChI=1S/C17H33IO/c1-4-5-6-7-8-9-10-11-12-13-16(18)14-17(19)15(2)3/h13,15,17,19H,4-12,14H2,1-3H3/b16-13+/t17-/m1/s1. The summed E-state index contributed by atoms with van der Waals surface area (Å²) in [5.74, 6) is 0.362. The minimum Gasteiger partial charge on any atom is -0.393 e. The molecule has 0 fully saturated rings. The quantitative estimate of drug-likeness (QED) is 0.314. The Labute approximate surface area is 134 Å². The van der Waals surface area contributed by atoms with Crippen LogP contribution in [0.2, 0.25) is 0 Å². The highest BCUT2D eigenvalue weighted by Gasteiger charge is 2.09. The minimum absolute atomic E-state index is 0.179. The van der Waals surface area contributed by atoms with Crippen LogP contribution in [0.4, 0.5) is 0 Å². The van der Waals surface area contributed by atoms with E-state index in [9.17, 15) is 5.11 Å². The van der Waals surface area contributed by atoms with E-state index in [1.165, 1.54) is 61.4 Å². The van der Waals surface area contributed by atoms with E-state index in [1.807, 2.05) is 0 Å². The van der Waals surface area contributed by atoms with E-state index >= 15 is 0 Å². The fourth-order valence-corrected chi connectivity index (χ4v) is 2.82. The van der Waals surface area contributed by atoms with Crippen molar-refractivity contribution in [3.8, 4) is 0 Å². The molecule has 0 radical (unpaired) electrons. The lowest BCUT2D eigenvalue weighted by atomic mass is 10.0. The molecule has 0 aromatic carbocycles. The van der Waals surface area contributed by atoms with Gasteiger partial charge in [0.2, 0.25) is 0 Å². The van der Waals surface area contributed by atoms with E-state index in [0.717, 1.165) is 6.42 Å². The van der Waals surface area contributed by atoms with Gasteiger partial charge < -0.3 is 5.11 Å². The second-order valence-electron chi connectivity index (χ2n) is 5.93. The molecule has 0 saturated carbocycles. The number of unbranched alkanes of at least 4 members (excludes halogenated alkanes) is 8. The summed E-state index contributed by atoms with van der Waals surface area (Å²) in [6.07, 6.45) is 15.2. The summed E-state index contributed by atoms with van der Waals surface area (Å²) >= 11 is 2.37. The van der Waals surface area contributed by atoms with Gasteiger partial charge in [-0.15, -0.1) is 0 Å². The third kappa shape index (κ3) is 13.2. The Kier molecular flexibility index (Phi) is 13.7. The van der Waals surface area contributed by atoms with Crippen LogP contribution in [0.15, 0.2) is 9.66 Å². The van der Waals surface area contributed by atoms with Crippen molar-refractivity contribution in [2.45, 2.75) is 91.1 Å². The smallest absolute Gasteiger partial charge is 0.0607 e. The summed E-state index contributed by atoms with van der Waals surface area (Å²) in [6.45, 7) is 6.42. The summed E-state index contributed by atoms with van der Waals surface area (Å²) in [7, 11) is 0. The first-order valence-electron chi connectivity index (χ1n) is 8.10. The Hall–Kier alpha value is 0.430. The van der Waals surface area contributed by atoms with E-state index in [-0.39, 0.29) is 6.10 Å². The Bertz CT molecular complexity index is 223. The third-order valence-electron chi connectivity index (χ3n) is 3.60. The normalized spacial score (nSPS) is 14.1. The SMILES string of the molecule is CCCCCCCCCC/C=C(/I)C[C@@H](O)C(C)C. The summed E-state index contributed by atoms with van der Waals surface area (Å²) in [5.41, 5.74) is 0. The van der Waals surface area contributed by atoms with Crippen LogP contribution in [0.25, 0.3) is 0 Å². The van der Waals surface area contributed by atoms with E-state index < -0.39 is 0 Å². The molecule has 0 aliphatic rings. The van der Waals surface area contributed by atoms with Gasteiger partial charge in [-0.1, -0.05) is 71.8 Å². The lowest BCUT2D eigenvalue weighted by Crippen LogP contribution is -2.14. The zero-order valence-corrected chi connectivity index (χ0v) is 15.3. The highest BCUT2D eigenvalue weighted by molar-refractivity contribution is 14.1. The Morgan fingerprint density at radius 2 is 1.53 bits per heavy atom. The number of hydrogen-bond acceptors (Lipinski definition) is 1. The highest BCUT2D eigenvalue weighted by atomic mass is 127. The van der Waals surface area contributed by atoms with Crippen LogP contribution in [-0.4, -0.2) is 11.2 Å². The van der Waals surface area contributed by atoms with E-state index in [0.29, 0.717) is 5.92 Å². The average molecular weight is 380 g/mol. The number of rotatable bonds is 12. The van der Waals surface area contributed by atoms with Crippen molar-refractivity contribution < 1.29 is 5.11 Å². The van der Waals surface area contributed by atoms with E-state index in [2.05, 4.69) is 49.4 Å². The van der Waals surface area contributed by atoms with Gasteiger partial charge in [0.15, 0.2) is 0 Å². The number of aliphatic hydroxyl groups excluding tert-OH is 1. The number of halogens is 1. The molecule has 0 heterocycles. The number of aliphatic hydroxyl groups is 1. The fourth-order valence-electron chi connectivity index (χ4n) is 2.06. The van der Waals surface area contributed by atoms with Crippen LogP contribution in [0.5, 0.6) is 0 Å². The van der Waals surface area contributed by atoms with Crippen molar-refractivity contribution >= 4 is 22.6 Å². The fraction of sp³-hybridized carbons (Fsp3) is 0.882. The summed E-state index contributed by atoms with van der Waals surface area (Å²) in [6, 6.07) is 0. The van der Waals surface area contributed by atoms with Crippen LogP contribution in [0.1, 0.15) is 85.0 Å². The van der Waals surface area contributed by atoms with Gasteiger partial charge in [0.05, 0.1) is 6.10 Å². The molecule has 0 aliphatic heterocycles. The summed E-state index contributed by atoms with van der Waals surface area (Å²) < 4.78 is 1.32. The van der Waals surface area contributed by atoms with Crippen LogP contribution in [0.3, 0.4) is 0 Å². The predicted molar refractivity (Wildman–Crippen MR) is 94.8 cm³/mol. The molecule has 0 spiro atoms. The van der Waals surface area contributed by atoms with E-state index in [1.54, 1.807) is 0 Å². The maximum absolute atomic E-state index is 9.79. The highest BCUT2D eigenvalue weighted by Crippen LogP contribution is 2.20. The average Bonchev–Trinajstić information content (AvgIpc) is 2.36. The maximum atomic E-state index is 9.79. The molecule has 0 rings (SSSR count). The summed E-state index contributed by atoms with van der Waals surface area (Å²) in [4.78, 5) is 0. The molecule has 2 heteroatoms. The van der Waals surface area contributed by atoms with Crippen molar-refractivity contribution in [2.75, 3.05) is 0 Å². The van der Waals surface area contributed by atoms with Crippen LogP contribution in [0, 0.1) is 5.92 Å². The van der Waals surface area contributed by atoms with Gasteiger partial charge in [0.25, 0.3) is 0 Å². The van der Waals surface area contributed by atoms with Gasteiger partial charge in [0, 0.05) is 6.42 Å². The summed E-state index contributed by atoms with van der Waals surface area (Å²) in [5, 5.41) is 9.79. The maximum Gasteiger partial charge on any atom is 0.0607 e. The zero-order valence-electron chi connectivity index (χ0n) is 13.1. The van der Waals surface area contributed by atoms with E-state index in [4.69, 9.17) is 0 Å². The van der Waals surface area contributed by atoms with Crippen LogP contribution in [-0.2, 0) is 0 Å². The Morgan fingerprint density at radius 3 is 2.05 bits per heavy atom. The minimum atomic E-state index is -0.179. The first kappa shape index (κ1) is 19.4. The van der Waals surface area contributed by atoms with Crippen molar-refractivity contribution in [3.05, 3.63) is 9.66 Å². The first-order valence-corrected chi connectivity index (χ1v) is 9.18. The van der Waals surface area contributed by atoms with Gasteiger partial charge in [-0.05, 0) is 44.9 Å². The largest absolute Gasteiger partial charge is 0.393 e. The zero-order chi connectivity index (χ0) is 14.5. The molecule has 0 aromatic heterocycles. The topological polar surface area (TPSA) is 20.2 Å². The lowest BCUT2D eigenvalue weighted by molar-refractivity contribution is 0.128. The van der Waals surface area contributed by atoms with Crippen LogP contribution >= 0.6 is 22.6 Å². The second kappa shape index (κ2) is 13.4. The first-order chi connectivity index (χ1) is 9.07. The molecule has 0 bridgehead atoms. The molecule has 0 unspecified atom stereocenters. The molecule has 0 aromatic rings. The van der Waals surface area contributed by atoms with Gasteiger partial charge in [-0.2, -0.15) is 0 Å². The molecule has 0 saturated heterocycles. The monoisotopic (exact) mass is 380 g/mol. The van der Waals surface area contributed by atoms with Gasteiger partial charge in [0.1, 0.15) is 0 Å². The molecule has 1 N–H and O–H groups in total. The van der Waals surface area contributed by atoms with Crippen LogP contribution < -0.4 is 0 Å². The molecule has 1 nitrogen and oxygen atoms in total. The number of hydrogen-bond donors (Lipinski definition) is 1. The molecule has 114 valence electrons.